The maximum Gasteiger partial charge on any atom is 0.273 e. The van der Waals surface area contributed by atoms with Gasteiger partial charge in [0, 0.05) is 24.7 Å². The fourth-order valence-electron chi connectivity index (χ4n) is 2.03. The SMILES string of the molecule is CCN(CCC#N)C(=O)c1nccc2ccccc12. The standard InChI is InChI=1S/C15H15N3O/c1-2-18(11-5-9-16)15(19)14-13-7-4-3-6-12(13)8-10-17-14/h3-4,6-8,10H,2,5,11H2,1H3. The summed E-state index contributed by atoms with van der Waals surface area (Å²) in [5, 5.41) is 10.5. The van der Waals surface area contributed by atoms with Crippen LogP contribution >= 0.6 is 0 Å². The number of hydrogen-bond acceptors (Lipinski definition) is 3. The third-order valence-electron chi connectivity index (χ3n) is 3.04. The van der Waals surface area contributed by atoms with Gasteiger partial charge in [-0.2, -0.15) is 5.26 Å². The van der Waals surface area contributed by atoms with Crippen LogP contribution in [-0.2, 0) is 0 Å². The average Bonchev–Trinajstić information content (AvgIpc) is 2.47. The van der Waals surface area contributed by atoms with Crippen LogP contribution in [0, 0.1) is 11.3 Å². The van der Waals surface area contributed by atoms with E-state index in [1.165, 1.54) is 0 Å². The molecule has 96 valence electrons. The quantitative estimate of drug-likeness (QED) is 0.841. The number of carbonyl (C=O) groups excluding carboxylic acids is 1. The van der Waals surface area contributed by atoms with Gasteiger partial charge in [-0.3, -0.25) is 9.78 Å². The first-order chi connectivity index (χ1) is 9.27. The maximum atomic E-state index is 12.4. The minimum Gasteiger partial charge on any atom is -0.337 e. The van der Waals surface area contributed by atoms with Gasteiger partial charge in [0.05, 0.1) is 12.5 Å². The molecule has 0 bridgehead atoms. The summed E-state index contributed by atoms with van der Waals surface area (Å²) in [6, 6.07) is 11.6. The number of benzene rings is 1. The van der Waals surface area contributed by atoms with Crippen LogP contribution in [0.5, 0.6) is 0 Å². The lowest BCUT2D eigenvalue weighted by Crippen LogP contribution is -2.32. The van der Waals surface area contributed by atoms with Crippen LogP contribution in [0.15, 0.2) is 36.5 Å². The summed E-state index contributed by atoms with van der Waals surface area (Å²) < 4.78 is 0. The monoisotopic (exact) mass is 253 g/mol. The molecule has 4 nitrogen and oxygen atoms in total. The highest BCUT2D eigenvalue weighted by atomic mass is 16.2. The molecule has 0 saturated carbocycles. The van der Waals surface area contributed by atoms with Crippen LogP contribution in [0.3, 0.4) is 0 Å². The van der Waals surface area contributed by atoms with Crippen molar-refractivity contribution < 1.29 is 4.79 Å². The summed E-state index contributed by atoms with van der Waals surface area (Å²) in [5.74, 6) is -0.116. The molecule has 2 aromatic rings. The van der Waals surface area contributed by atoms with Crippen LogP contribution in [0.25, 0.3) is 10.8 Å². The predicted molar refractivity (Wildman–Crippen MR) is 73.6 cm³/mol. The second-order valence-electron chi connectivity index (χ2n) is 4.17. The van der Waals surface area contributed by atoms with Crippen LogP contribution in [0.2, 0.25) is 0 Å². The number of rotatable bonds is 4. The first-order valence-corrected chi connectivity index (χ1v) is 6.28. The summed E-state index contributed by atoms with van der Waals surface area (Å²) in [6.45, 7) is 2.92. The second-order valence-corrected chi connectivity index (χ2v) is 4.17. The maximum absolute atomic E-state index is 12.4. The van der Waals surface area contributed by atoms with Crippen molar-refractivity contribution in [1.29, 1.82) is 5.26 Å². The number of nitrogens with zero attached hydrogens (tertiary/aromatic N) is 3. The second kappa shape index (κ2) is 5.96. The Morgan fingerprint density at radius 1 is 1.37 bits per heavy atom. The molecule has 1 amide bonds. The molecule has 1 aromatic carbocycles. The number of nitriles is 1. The van der Waals surface area contributed by atoms with Crippen molar-refractivity contribution in [3.05, 3.63) is 42.2 Å². The van der Waals surface area contributed by atoms with Gasteiger partial charge in [-0.15, -0.1) is 0 Å². The minimum atomic E-state index is -0.116. The zero-order chi connectivity index (χ0) is 13.7. The van der Waals surface area contributed by atoms with Gasteiger partial charge in [-0.1, -0.05) is 24.3 Å². The Hall–Kier alpha value is -2.41. The molecule has 0 spiro atoms. The van der Waals surface area contributed by atoms with Crippen LogP contribution in [0.4, 0.5) is 0 Å². The molecule has 0 radical (unpaired) electrons. The average molecular weight is 253 g/mol. The first-order valence-electron chi connectivity index (χ1n) is 6.28. The molecule has 0 N–H and O–H groups in total. The lowest BCUT2D eigenvalue weighted by Gasteiger charge is -2.19. The molecule has 19 heavy (non-hydrogen) atoms. The van der Waals surface area contributed by atoms with Gasteiger partial charge in [0.15, 0.2) is 0 Å². The lowest BCUT2D eigenvalue weighted by molar-refractivity contribution is 0.0764. The van der Waals surface area contributed by atoms with Gasteiger partial charge >= 0.3 is 0 Å². The number of hydrogen-bond donors (Lipinski definition) is 0. The number of amides is 1. The molecule has 1 aromatic heterocycles. The summed E-state index contributed by atoms with van der Waals surface area (Å²) in [4.78, 5) is 18.3. The largest absolute Gasteiger partial charge is 0.337 e. The zero-order valence-electron chi connectivity index (χ0n) is 10.8. The Bertz CT molecular complexity index is 625. The minimum absolute atomic E-state index is 0.116. The molecule has 4 heteroatoms. The number of aromatic nitrogens is 1. The Morgan fingerprint density at radius 3 is 2.89 bits per heavy atom. The van der Waals surface area contributed by atoms with E-state index in [1.54, 1.807) is 11.1 Å². The first kappa shape index (κ1) is 13.0. The van der Waals surface area contributed by atoms with Crippen molar-refractivity contribution in [2.75, 3.05) is 13.1 Å². The van der Waals surface area contributed by atoms with Crippen LogP contribution in [-0.4, -0.2) is 28.9 Å². The molecule has 1 heterocycles. The highest BCUT2D eigenvalue weighted by Gasteiger charge is 2.17. The lowest BCUT2D eigenvalue weighted by atomic mass is 10.1. The van der Waals surface area contributed by atoms with E-state index in [4.69, 9.17) is 5.26 Å². The van der Waals surface area contributed by atoms with Gasteiger partial charge in [0.25, 0.3) is 5.91 Å². The normalized spacial score (nSPS) is 10.1. The molecule has 0 atom stereocenters. The van der Waals surface area contributed by atoms with E-state index in [0.717, 1.165) is 10.8 Å². The zero-order valence-corrected chi connectivity index (χ0v) is 10.8. The molecular weight excluding hydrogens is 238 g/mol. The van der Waals surface area contributed by atoms with E-state index in [9.17, 15) is 4.79 Å². The molecule has 0 aliphatic heterocycles. The predicted octanol–water partition coefficient (Wildman–Crippen LogP) is 2.61. The summed E-state index contributed by atoms with van der Waals surface area (Å²) in [7, 11) is 0. The fourth-order valence-corrected chi connectivity index (χ4v) is 2.03. The topological polar surface area (TPSA) is 57.0 Å². The van der Waals surface area contributed by atoms with E-state index in [0.29, 0.717) is 25.2 Å². The number of pyridine rings is 1. The van der Waals surface area contributed by atoms with Crippen molar-refractivity contribution in [2.24, 2.45) is 0 Å². The summed E-state index contributed by atoms with van der Waals surface area (Å²) in [6.07, 6.45) is 1.98. The van der Waals surface area contributed by atoms with Crippen molar-refractivity contribution in [1.82, 2.24) is 9.88 Å². The van der Waals surface area contributed by atoms with E-state index >= 15 is 0 Å². The van der Waals surface area contributed by atoms with Gasteiger partial charge in [0.1, 0.15) is 5.69 Å². The van der Waals surface area contributed by atoms with Gasteiger partial charge in [-0.05, 0) is 18.4 Å². The van der Waals surface area contributed by atoms with E-state index in [2.05, 4.69) is 11.1 Å². The van der Waals surface area contributed by atoms with Gasteiger partial charge in [0.2, 0.25) is 0 Å². The van der Waals surface area contributed by atoms with Crippen molar-refractivity contribution in [3.63, 3.8) is 0 Å². The van der Waals surface area contributed by atoms with Gasteiger partial charge < -0.3 is 4.90 Å². The highest BCUT2D eigenvalue weighted by molar-refractivity contribution is 6.05. The Balaban J connectivity index is 2.38. The van der Waals surface area contributed by atoms with Crippen molar-refractivity contribution in [2.45, 2.75) is 13.3 Å². The van der Waals surface area contributed by atoms with Crippen molar-refractivity contribution in [3.8, 4) is 6.07 Å². The Labute approximate surface area is 112 Å². The Kier molecular flexibility index (Phi) is 4.09. The number of fused-ring (bicyclic) bond motifs is 1. The third kappa shape index (κ3) is 2.71. The summed E-state index contributed by atoms with van der Waals surface area (Å²) in [5.41, 5.74) is 0.456. The van der Waals surface area contributed by atoms with Crippen LogP contribution in [0.1, 0.15) is 23.8 Å². The molecule has 0 aliphatic rings. The van der Waals surface area contributed by atoms with E-state index in [1.807, 2.05) is 37.3 Å². The molecule has 0 saturated heterocycles. The fraction of sp³-hybridized carbons (Fsp3) is 0.267. The van der Waals surface area contributed by atoms with Crippen LogP contribution < -0.4 is 0 Å². The molecule has 0 unspecified atom stereocenters. The van der Waals surface area contributed by atoms with Crippen molar-refractivity contribution >= 4 is 16.7 Å². The third-order valence-corrected chi connectivity index (χ3v) is 3.04. The number of carbonyl (C=O) groups is 1. The summed E-state index contributed by atoms with van der Waals surface area (Å²) >= 11 is 0. The van der Waals surface area contributed by atoms with E-state index < -0.39 is 0 Å². The van der Waals surface area contributed by atoms with Gasteiger partial charge in [-0.25, -0.2) is 0 Å². The Morgan fingerprint density at radius 2 is 2.16 bits per heavy atom. The molecule has 0 fully saturated rings. The smallest absolute Gasteiger partial charge is 0.273 e. The van der Waals surface area contributed by atoms with E-state index in [-0.39, 0.29) is 5.91 Å². The highest BCUT2D eigenvalue weighted by Crippen LogP contribution is 2.17. The molecule has 2 rings (SSSR count). The molecular formula is C15H15N3O. The molecule has 0 aliphatic carbocycles.